The summed E-state index contributed by atoms with van der Waals surface area (Å²) >= 11 is 0. The van der Waals surface area contributed by atoms with Crippen molar-refractivity contribution in [3.63, 3.8) is 0 Å². The molecule has 0 aromatic heterocycles. The van der Waals surface area contributed by atoms with E-state index in [9.17, 15) is 19.4 Å². The molecular weight excluding hydrogens is 323 g/mol. The predicted molar refractivity (Wildman–Crippen MR) is 95.6 cm³/mol. The van der Waals surface area contributed by atoms with Crippen molar-refractivity contribution < 1.29 is 19.4 Å². The molecule has 2 aromatic rings. The number of aromatic hydroxyl groups is 2. The van der Waals surface area contributed by atoms with Crippen LogP contribution in [0.25, 0.3) is 5.70 Å². The maximum atomic E-state index is 13.2. The first-order valence-corrected chi connectivity index (χ1v) is 7.60. The Morgan fingerprint density at radius 2 is 1.80 bits per heavy atom. The molecule has 5 nitrogen and oxygen atoms in total. The number of carbonyl (C=O) groups is 1. The van der Waals surface area contributed by atoms with Crippen molar-refractivity contribution in [2.45, 2.75) is 19.8 Å². The zero-order valence-electron chi connectivity index (χ0n) is 14.0. The van der Waals surface area contributed by atoms with Gasteiger partial charge < -0.3 is 10.2 Å². The Kier molecular flexibility index (Phi) is 5.22. The van der Waals surface area contributed by atoms with Gasteiger partial charge in [-0.3, -0.25) is 15.1 Å². The normalized spacial score (nSPS) is 10.6. The highest BCUT2D eigenvalue weighted by Gasteiger charge is 2.21. The molecule has 0 radical (unpaired) electrons. The Bertz CT molecular complexity index is 829. The fraction of sp³-hybridized carbons (Fsp3) is 0.158. The Hall–Kier alpha value is -3.15. The van der Waals surface area contributed by atoms with Crippen LogP contribution in [0.2, 0.25) is 0 Å². The summed E-state index contributed by atoms with van der Waals surface area (Å²) in [6, 6.07) is 7.96. The van der Waals surface area contributed by atoms with Crippen LogP contribution in [0.15, 0.2) is 43.0 Å². The predicted octanol–water partition coefficient (Wildman–Crippen LogP) is 4.01. The van der Waals surface area contributed by atoms with Crippen LogP contribution in [0.5, 0.6) is 11.5 Å². The molecule has 0 aliphatic heterocycles. The summed E-state index contributed by atoms with van der Waals surface area (Å²) in [7, 11) is 0. The third-order valence-electron chi connectivity index (χ3n) is 3.79. The summed E-state index contributed by atoms with van der Waals surface area (Å²) in [6.45, 7) is 7.63. The van der Waals surface area contributed by atoms with Gasteiger partial charge in [-0.25, -0.2) is 4.39 Å². The lowest BCUT2D eigenvalue weighted by molar-refractivity contribution is -0.102. The van der Waals surface area contributed by atoms with Gasteiger partial charge in [-0.1, -0.05) is 20.4 Å². The van der Waals surface area contributed by atoms with Crippen molar-refractivity contribution in [3.05, 3.63) is 59.9 Å². The number of halogens is 1. The number of rotatable bonds is 5. The third kappa shape index (κ3) is 3.68. The number of phenolic OH excluding ortho intramolecular Hbond substituents is 2. The molecule has 0 atom stereocenters. The number of nitrogens with zero attached hydrogens (tertiary/aromatic N) is 1. The van der Waals surface area contributed by atoms with Gasteiger partial charge in [-0.2, -0.15) is 0 Å². The molecular formula is C19H19FN2O3. The summed E-state index contributed by atoms with van der Waals surface area (Å²) in [5.74, 6) is -1.19. The zero-order valence-corrected chi connectivity index (χ0v) is 14.0. The van der Waals surface area contributed by atoms with Gasteiger partial charge in [0.15, 0.2) is 12.1 Å². The molecule has 0 amide bonds. The monoisotopic (exact) mass is 342 g/mol. The van der Waals surface area contributed by atoms with E-state index in [1.807, 2.05) is 13.8 Å². The topological polar surface area (TPSA) is 84.6 Å². The van der Waals surface area contributed by atoms with E-state index in [0.29, 0.717) is 17.5 Å². The third-order valence-corrected chi connectivity index (χ3v) is 3.79. The van der Waals surface area contributed by atoms with Crippen LogP contribution in [0.3, 0.4) is 0 Å². The highest BCUT2D eigenvalue weighted by atomic mass is 19.1. The molecule has 3 N–H and O–H groups in total. The van der Waals surface area contributed by atoms with Crippen molar-refractivity contribution in [1.29, 1.82) is 5.41 Å². The second kappa shape index (κ2) is 7.17. The molecule has 0 heterocycles. The minimum absolute atomic E-state index is 0.0167. The van der Waals surface area contributed by atoms with E-state index < -0.39 is 11.7 Å². The summed E-state index contributed by atoms with van der Waals surface area (Å²) in [6.07, 6.45) is 0.329. The lowest BCUT2D eigenvalue weighted by Gasteiger charge is -2.26. The summed E-state index contributed by atoms with van der Waals surface area (Å²) in [4.78, 5) is 12.3. The second-order valence-corrected chi connectivity index (χ2v) is 5.84. The van der Waals surface area contributed by atoms with Gasteiger partial charge >= 0.3 is 0 Å². The number of benzene rings is 2. The number of carbonyl (C=O) groups excluding carboxylic acids is 1. The van der Waals surface area contributed by atoms with E-state index >= 15 is 0 Å². The van der Waals surface area contributed by atoms with Crippen LogP contribution in [-0.2, 0) is 4.79 Å². The molecule has 0 unspecified atom stereocenters. The van der Waals surface area contributed by atoms with Gasteiger partial charge in [-0.05, 0) is 41.8 Å². The minimum Gasteiger partial charge on any atom is -0.508 e. The van der Waals surface area contributed by atoms with E-state index in [2.05, 4.69) is 6.58 Å². The quantitative estimate of drug-likeness (QED) is 0.435. The number of hydrogen-bond donors (Lipinski definition) is 3. The van der Waals surface area contributed by atoms with Crippen molar-refractivity contribution >= 4 is 23.5 Å². The van der Waals surface area contributed by atoms with E-state index in [0.717, 1.165) is 0 Å². The zero-order chi connectivity index (χ0) is 18.7. The van der Waals surface area contributed by atoms with Crippen molar-refractivity contribution in [2.24, 2.45) is 0 Å². The van der Waals surface area contributed by atoms with E-state index in [1.165, 1.54) is 35.2 Å². The first-order valence-electron chi connectivity index (χ1n) is 7.60. The fourth-order valence-electron chi connectivity index (χ4n) is 2.49. The molecule has 0 fully saturated rings. The Labute approximate surface area is 145 Å². The summed E-state index contributed by atoms with van der Waals surface area (Å²) < 4.78 is 13.2. The van der Waals surface area contributed by atoms with Crippen molar-refractivity contribution in [3.8, 4) is 11.5 Å². The van der Waals surface area contributed by atoms with E-state index in [1.54, 1.807) is 6.07 Å². The standard InChI is InChI=1S/C19H19FN2O3/c1-11(2)15-8-16(18(25)9-17(15)24)12(3)22(19(21)10-23)14-6-4-13(20)5-7-14/h4-11,21,24-25H,3H2,1-2H3. The number of aldehydes is 1. The highest BCUT2D eigenvalue weighted by Crippen LogP contribution is 2.37. The van der Waals surface area contributed by atoms with Gasteiger partial charge in [0.05, 0.1) is 5.70 Å². The molecule has 2 aromatic carbocycles. The first kappa shape index (κ1) is 18.2. The first-order chi connectivity index (χ1) is 11.8. The lowest BCUT2D eigenvalue weighted by atomic mass is 9.97. The van der Waals surface area contributed by atoms with Crippen LogP contribution in [0.1, 0.15) is 30.9 Å². The van der Waals surface area contributed by atoms with Crippen LogP contribution >= 0.6 is 0 Å². The molecule has 25 heavy (non-hydrogen) atoms. The van der Waals surface area contributed by atoms with Gasteiger partial charge in [0.25, 0.3) is 0 Å². The average molecular weight is 342 g/mol. The molecule has 0 saturated heterocycles. The van der Waals surface area contributed by atoms with Crippen LogP contribution < -0.4 is 4.90 Å². The minimum atomic E-state index is -0.457. The maximum absolute atomic E-state index is 13.2. The van der Waals surface area contributed by atoms with Crippen LogP contribution in [0.4, 0.5) is 10.1 Å². The fourth-order valence-corrected chi connectivity index (χ4v) is 2.49. The Balaban J connectivity index is 2.57. The highest BCUT2D eigenvalue weighted by molar-refractivity contribution is 6.35. The molecule has 6 heteroatoms. The number of phenols is 2. The molecule has 0 saturated carbocycles. The molecule has 2 rings (SSSR count). The molecule has 0 aliphatic rings. The second-order valence-electron chi connectivity index (χ2n) is 5.84. The van der Waals surface area contributed by atoms with Gasteiger partial charge in [-0.15, -0.1) is 0 Å². The van der Waals surface area contributed by atoms with E-state index in [4.69, 9.17) is 5.41 Å². The average Bonchev–Trinajstić information content (AvgIpc) is 2.56. The SMILES string of the molecule is C=C(c1cc(C(C)C)c(O)cc1O)N(C(=N)C=O)c1ccc(F)cc1. The number of anilines is 1. The largest absolute Gasteiger partial charge is 0.508 e. The van der Waals surface area contributed by atoms with Crippen LogP contribution in [0, 0.1) is 11.2 Å². The summed E-state index contributed by atoms with van der Waals surface area (Å²) in [5.41, 5.74) is 1.35. The number of nitrogens with one attached hydrogen (secondary N) is 1. The number of amidine groups is 1. The summed E-state index contributed by atoms with van der Waals surface area (Å²) in [5, 5.41) is 28.1. The van der Waals surface area contributed by atoms with Crippen molar-refractivity contribution in [2.75, 3.05) is 4.90 Å². The Morgan fingerprint density at radius 1 is 1.20 bits per heavy atom. The van der Waals surface area contributed by atoms with Gasteiger partial charge in [0, 0.05) is 17.3 Å². The lowest BCUT2D eigenvalue weighted by Crippen LogP contribution is -2.29. The maximum Gasteiger partial charge on any atom is 0.185 e. The molecule has 130 valence electrons. The molecule has 0 bridgehead atoms. The van der Waals surface area contributed by atoms with Crippen molar-refractivity contribution in [1.82, 2.24) is 0 Å². The Morgan fingerprint density at radius 3 is 2.32 bits per heavy atom. The van der Waals surface area contributed by atoms with E-state index in [-0.39, 0.29) is 28.7 Å². The molecule has 0 spiro atoms. The van der Waals surface area contributed by atoms with Gasteiger partial charge in [0.2, 0.25) is 0 Å². The van der Waals surface area contributed by atoms with Crippen LogP contribution in [-0.4, -0.2) is 22.3 Å². The molecule has 0 aliphatic carbocycles. The number of hydrogen-bond acceptors (Lipinski definition) is 4. The smallest absolute Gasteiger partial charge is 0.185 e. The van der Waals surface area contributed by atoms with Gasteiger partial charge in [0.1, 0.15) is 17.3 Å².